The number of carbonyl (C=O) groups is 2. The molecule has 0 atom stereocenters. The Morgan fingerprint density at radius 2 is 1.17 bits per heavy atom. The van der Waals surface area contributed by atoms with Gasteiger partial charge in [-0.15, -0.1) is 11.6 Å². The zero-order valence-corrected chi connectivity index (χ0v) is 15.4. The number of esters is 2. The first-order valence-electron chi connectivity index (χ1n) is 9.08. The lowest BCUT2D eigenvalue weighted by molar-refractivity contribution is -0.145. The van der Waals surface area contributed by atoms with Crippen LogP contribution in [0.1, 0.15) is 84.0 Å². The molecule has 0 fully saturated rings. The average Bonchev–Trinajstić information content (AvgIpc) is 2.54. The fourth-order valence-electron chi connectivity index (χ4n) is 2.15. The number of halogens is 1. The van der Waals surface area contributed by atoms with Crippen molar-refractivity contribution in [3.05, 3.63) is 0 Å². The van der Waals surface area contributed by atoms with Crippen LogP contribution >= 0.6 is 11.6 Å². The topological polar surface area (TPSA) is 52.6 Å². The molecule has 0 bridgehead atoms. The summed E-state index contributed by atoms with van der Waals surface area (Å²) in [5, 5.41) is 0. The normalized spacial score (nSPS) is 10.5. The second-order valence-corrected chi connectivity index (χ2v) is 6.19. The minimum Gasteiger partial charge on any atom is -0.466 e. The van der Waals surface area contributed by atoms with Crippen LogP contribution in [0, 0.1) is 0 Å². The number of rotatable bonds is 16. The molecular weight excluding hydrogens is 316 g/mol. The molecule has 0 aromatic rings. The second-order valence-electron chi connectivity index (χ2n) is 5.81. The molecular formula is C18H33ClO4. The molecule has 136 valence electrons. The molecule has 5 heteroatoms. The Morgan fingerprint density at radius 1 is 0.696 bits per heavy atom. The van der Waals surface area contributed by atoms with Gasteiger partial charge in [-0.1, -0.05) is 45.4 Å². The third-order valence-corrected chi connectivity index (χ3v) is 3.83. The van der Waals surface area contributed by atoms with Crippen molar-refractivity contribution < 1.29 is 19.1 Å². The van der Waals surface area contributed by atoms with Crippen LogP contribution in [0.4, 0.5) is 0 Å². The summed E-state index contributed by atoms with van der Waals surface area (Å²) in [6.07, 6.45) is 10.8. The predicted molar refractivity (Wildman–Crippen MR) is 93.7 cm³/mol. The molecule has 0 heterocycles. The fourth-order valence-corrected chi connectivity index (χ4v) is 2.34. The summed E-state index contributed by atoms with van der Waals surface area (Å²) >= 11 is 5.61. The van der Waals surface area contributed by atoms with Crippen molar-refractivity contribution in [2.45, 2.75) is 84.0 Å². The first-order chi connectivity index (χ1) is 11.2. The van der Waals surface area contributed by atoms with E-state index in [-0.39, 0.29) is 11.9 Å². The highest BCUT2D eigenvalue weighted by Crippen LogP contribution is 2.07. The molecule has 0 aromatic heterocycles. The Bertz CT molecular complexity index is 295. The lowest BCUT2D eigenvalue weighted by atomic mass is 10.1. The maximum atomic E-state index is 11.5. The van der Waals surface area contributed by atoms with Gasteiger partial charge in [0.15, 0.2) is 0 Å². The van der Waals surface area contributed by atoms with E-state index in [1.807, 2.05) is 0 Å². The van der Waals surface area contributed by atoms with Crippen molar-refractivity contribution in [1.82, 2.24) is 0 Å². The van der Waals surface area contributed by atoms with Crippen molar-refractivity contribution in [3.63, 3.8) is 0 Å². The zero-order valence-electron chi connectivity index (χ0n) is 14.6. The molecule has 0 amide bonds. The van der Waals surface area contributed by atoms with Gasteiger partial charge in [0.1, 0.15) is 0 Å². The summed E-state index contributed by atoms with van der Waals surface area (Å²) in [6, 6.07) is 0. The first kappa shape index (κ1) is 22.2. The SMILES string of the molecule is CCCCCOC(=O)CCCC(=O)OCCCCCCCCCl. The van der Waals surface area contributed by atoms with Crippen LogP contribution in [0.5, 0.6) is 0 Å². The summed E-state index contributed by atoms with van der Waals surface area (Å²) in [5.74, 6) is 0.306. The van der Waals surface area contributed by atoms with Crippen molar-refractivity contribution in [1.29, 1.82) is 0 Å². The van der Waals surface area contributed by atoms with Crippen molar-refractivity contribution in [2.75, 3.05) is 19.1 Å². The van der Waals surface area contributed by atoms with Gasteiger partial charge in [0.2, 0.25) is 0 Å². The number of hydrogen-bond acceptors (Lipinski definition) is 4. The largest absolute Gasteiger partial charge is 0.466 e. The Balaban J connectivity index is 3.31. The van der Waals surface area contributed by atoms with Crippen LogP contribution in [-0.4, -0.2) is 31.0 Å². The Kier molecular flexibility index (Phi) is 17.0. The highest BCUT2D eigenvalue weighted by atomic mass is 35.5. The van der Waals surface area contributed by atoms with Gasteiger partial charge in [0, 0.05) is 18.7 Å². The first-order valence-corrected chi connectivity index (χ1v) is 9.61. The third-order valence-electron chi connectivity index (χ3n) is 3.56. The maximum Gasteiger partial charge on any atom is 0.305 e. The minimum atomic E-state index is -0.217. The molecule has 0 saturated heterocycles. The van der Waals surface area contributed by atoms with Crippen molar-refractivity contribution in [2.24, 2.45) is 0 Å². The molecule has 4 nitrogen and oxygen atoms in total. The lowest BCUT2D eigenvalue weighted by Gasteiger charge is -2.06. The van der Waals surface area contributed by atoms with E-state index < -0.39 is 0 Å². The summed E-state index contributed by atoms with van der Waals surface area (Å²) < 4.78 is 10.2. The molecule has 0 aliphatic carbocycles. The van der Waals surface area contributed by atoms with E-state index >= 15 is 0 Å². The van der Waals surface area contributed by atoms with E-state index in [4.69, 9.17) is 21.1 Å². The molecule has 0 radical (unpaired) electrons. The Hall–Kier alpha value is -0.770. The van der Waals surface area contributed by atoms with Gasteiger partial charge in [0.05, 0.1) is 13.2 Å². The molecule has 0 unspecified atom stereocenters. The molecule has 23 heavy (non-hydrogen) atoms. The molecule has 0 aliphatic rings. The van der Waals surface area contributed by atoms with Gasteiger partial charge in [0.25, 0.3) is 0 Å². The van der Waals surface area contributed by atoms with Crippen molar-refractivity contribution >= 4 is 23.5 Å². The van der Waals surface area contributed by atoms with Crippen LogP contribution in [0.2, 0.25) is 0 Å². The fraction of sp³-hybridized carbons (Fsp3) is 0.889. The number of unbranched alkanes of at least 4 members (excludes halogenated alkanes) is 7. The predicted octanol–water partition coefficient (Wildman–Crippen LogP) is 5.01. The molecule has 0 saturated carbocycles. The van der Waals surface area contributed by atoms with E-state index in [9.17, 15) is 9.59 Å². The third kappa shape index (κ3) is 17.4. The molecule has 0 N–H and O–H groups in total. The van der Waals surface area contributed by atoms with Gasteiger partial charge in [-0.3, -0.25) is 9.59 Å². The quantitative estimate of drug-likeness (QED) is 0.223. The van der Waals surface area contributed by atoms with E-state index in [1.165, 1.54) is 12.8 Å². The summed E-state index contributed by atoms with van der Waals surface area (Å²) in [7, 11) is 0. The van der Waals surface area contributed by atoms with Gasteiger partial charge in [-0.05, 0) is 25.7 Å². The molecule has 0 spiro atoms. The van der Waals surface area contributed by atoms with Gasteiger partial charge in [-0.2, -0.15) is 0 Å². The van der Waals surface area contributed by atoms with Gasteiger partial charge >= 0.3 is 11.9 Å². The highest BCUT2D eigenvalue weighted by molar-refractivity contribution is 6.17. The summed E-state index contributed by atoms with van der Waals surface area (Å²) in [6.45, 7) is 3.08. The van der Waals surface area contributed by atoms with Crippen LogP contribution in [0.25, 0.3) is 0 Å². The lowest BCUT2D eigenvalue weighted by Crippen LogP contribution is -2.09. The summed E-state index contributed by atoms with van der Waals surface area (Å²) in [4.78, 5) is 22.9. The molecule has 0 rings (SSSR count). The Morgan fingerprint density at radius 3 is 1.70 bits per heavy atom. The van der Waals surface area contributed by atoms with Gasteiger partial charge < -0.3 is 9.47 Å². The van der Waals surface area contributed by atoms with Crippen LogP contribution in [0.3, 0.4) is 0 Å². The smallest absolute Gasteiger partial charge is 0.305 e. The molecule has 0 aromatic carbocycles. The number of carbonyl (C=O) groups excluding carboxylic acids is 2. The van der Waals surface area contributed by atoms with Crippen LogP contribution < -0.4 is 0 Å². The number of ether oxygens (including phenoxy) is 2. The van der Waals surface area contributed by atoms with Crippen LogP contribution in [-0.2, 0) is 19.1 Å². The highest BCUT2D eigenvalue weighted by Gasteiger charge is 2.07. The van der Waals surface area contributed by atoms with Gasteiger partial charge in [-0.25, -0.2) is 0 Å². The van der Waals surface area contributed by atoms with E-state index in [2.05, 4.69) is 6.92 Å². The minimum absolute atomic E-state index is 0.217. The van der Waals surface area contributed by atoms with E-state index in [0.29, 0.717) is 32.5 Å². The van der Waals surface area contributed by atoms with Crippen LogP contribution in [0.15, 0.2) is 0 Å². The monoisotopic (exact) mass is 348 g/mol. The Labute approximate surface area is 146 Å². The zero-order chi connectivity index (χ0) is 17.2. The second kappa shape index (κ2) is 17.6. The van der Waals surface area contributed by atoms with E-state index in [1.54, 1.807) is 0 Å². The molecule has 0 aliphatic heterocycles. The number of alkyl halides is 1. The van der Waals surface area contributed by atoms with Crippen molar-refractivity contribution in [3.8, 4) is 0 Å². The maximum absolute atomic E-state index is 11.5. The number of hydrogen-bond donors (Lipinski definition) is 0. The van der Waals surface area contributed by atoms with E-state index in [0.717, 1.165) is 50.8 Å². The average molecular weight is 349 g/mol. The standard InChI is InChI=1S/C18H33ClO4/c1-2-3-9-15-22-17(20)12-11-13-18(21)23-16-10-7-5-4-6-8-14-19/h2-16H2,1H3. The summed E-state index contributed by atoms with van der Waals surface area (Å²) in [5.41, 5.74) is 0.